The van der Waals surface area contributed by atoms with E-state index in [9.17, 15) is 4.79 Å². The maximum Gasteiger partial charge on any atom is 0.260 e. The van der Waals surface area contributed by atoms with Gasteiger partial charge in [0.1, 0.15) is 11.5 Å². The lowest BCUT2D eigenvalue weighted by atomic mass is 10.3. The van der Waals surface area contributed by atoms with E-state index in [4.69, 9.17) is 27.4 Å². The molecule has 1 saturated heterocycles. The van der Waals surface area contributed by atoms with Gasteiger partial charge in [0, 0.05) is 26.2 Å². The van der Waals surface area contributed by atoms with Crippen molar-refractivity contribution in [3.8, 4) is 11.5 Å². The van der Waals surface area contributed by atoms with Gasteiger partial charge in [-0.15, -0.1) is 0 Å². The van der Waals surface area contributed by atoms with Crippen LogP contribution in [0, 0.1) is 0 Å². The number of nitrogens with zero attached hydrogens (tertiary/aromatic N) is 2. The molecule has 1 aromatic rings. The van der Waals surface area contributed by atoms with Crippen molar-refractivity contribution in [2.75, 3.05) is 39.9 Å². The number of methoxy groups -OCH3 is 1. The fourth-order valence-corrected chi connectivity index (χ4v) is 2.27. The quantitative estimate of drug-likeness (QED) is 0.815. The zero-order chi connectivity index (χ0) is 15.2. The fraction of sp³-hybridized carbons (Fsp3) is 0.429. The van der Waals surface area contributed by atoms with Crippen LogP contribution in [0.3, 0.4) is 0 Å². The lowest BCUT2D eigenvalue weighted by Gasteiger charge is -2.34. The Morgan fingerprint density at radius 1 is 1.14 bits per heavy atom. The number of nitrogens with two attached hydrogens (primary N) is 1. The standard InChI is InChI=1S/C14H19N3O3S/c1-19-11-2-4-12(5-3-11)20-10-13(18)16-6-8-17(9-7-16)14(15)21/h2-5H,6-10H2,1H3,(H2,15,21). The Kier molecular flexibility index (Phi) is 5.21. The maximum absolute atomic E-state index is 12.1. The molecule has 1 amide bonds. The summed E-state index contributed by atoms with van der Waals surface area (Å²) in [6, 6.07) is 7.13. The highest BCUT2D eigenvalue weighted by atomic mass is 32.1. The summed E-state index contributed by atoms with van der Waals surface area (Å²) in [5.41, 5.74) is 5.57. The number of ether oxygens (including phenoxy) is 2. The van der Waals surface area contributed by atoms with Crippen LogP contribution in [0.5, 0.6) is 11.5 Å². The van der Waals surface area contributed by atoms with Crippen LogP contribution < -0.4 is 15.2 Å². The molecule has 1 aliphatic heterocycles. The van der Waals surface area contributed by atoms with E-state index in [1.54, 1.807) is 36.3 Å². The molecule has 0 atom stereocenters. The Morgan fingerprint density at radius 3 is 2.19 bits per heavy atom. The molecule has 0 spiro atoms. The smallest absolute Gasteiger partial charge is 0.260 e. The first-order valence-corrected chi connectivity index (χ1v) is 7.10. The second kappa shape index (κ2) is 7.12. The molecule has 2 N–H and O–H groups in total. The van der Waals surface area contributed by atoms with E-state index in [0.29, 0.717) is 37.0 Å². The van der Waals surface area contributed by atoms with Gasteiger partial charge >= 0.3 is 0 Å². The van der Waals surface area contributed by atoms with Gasteiger partial charge in [0.2, 0.25) is 0 Å². The van der Waals surface area contributed by atoms with Crippen molar-refractivity contribution < 1.29 is 14.3 Å². The van der Waals surface area contributed by atoms with Gasteiger partial charge in [0.25, 0.3) is 5.91 Å². The van der Waals surface area contributed by atoms with Crippen molar-refractivity contribution in [1.29, 1.82) is 0 Å². The summed E-state index contributed by atoms with van der Waals surface area (Å²) in [6.45, 7) is 2.59. The van der Waals surface area contributed by atoms with E-state index in [-0.39, 0.29) is 12.5 Å². The minimum absolute atomic E-state index is 0.0272. The lowest BCUT2D eigenvalue weighted by molar-refractivity contribution is -0.134. The molecule has 0 unspecified atom stereocenters. The Labute approximate surface area is 129 Å². The third-order valence-corrected chi connectivity index (χ3v) is 3.62. The predicted molar refractivity (Wildman–Crippen MR) is 83.4 cm³/mol. The summed E-state index contributed by atoms with van der Waals surface area (Å²) >= 11 is 4.92. The predicted octanol–water partition coefficient (Wildman–Crippen LogP) is 0.462. The maximum atomic E-state index is 12.1. The molecule has 0 radical (unpaired) electrons. The van der Waals surface area contributed by atoms with Crippen LogP contribution in [0.15, 0.2) is 24.3 Å². The van der Waals surface area contributed by atoms with Gasteiger partial charge in [-0.2, -0.15) is 0 Å². The first-order valence-electron chi connectivity index (χ1n) is 6.69. The van der Waals surface area contributed by atoms with Crippen LogP contribution in [-0.4, -0.2) is 60.7 Å². The topological polar surface area (TPSA) is 68.0 Å². The average Bonchev–Trinajstić information content (AvgIpc) is 2.53. The van der Waals surface area contributed by atoms with Crippen molar-refractivity contribution in [2.45, 2.75) is 0 Å². The normalized spacial score (nSPS) is 14.7. The third-order valence-electron chi connectivity index (χ3n) is 3.37. The number of hydrogen-bond acceptors (Lipinski definition) is 4. The summed E-state index contributed by atoms with van der Waals surface area (Å²) in [4.78, 5) is 15.7. The molecule has 1 fully saturated rings. The molecule has 2 rings (SSSR count). The number of rotatable bonds is 4. The highest BCUT2D eigenvalue weighted by Crippen LogP contribution is 2.17. The zero-order valence-corrected chi connectivity index (χ0v) is 12.8. The molecule has 114 valence electrons. The summed E-state index contributed by atoms with van der Waals surface area (Å²) in [5, 5.41) is 0.386. The Bertz CT molecular complexity index is 499. The summed E-state index contributed by atoms with van der Waals surface area (Å²) < 4.78 is 10.5. The number of amides is 1. The van der Waals surface area contributed by atoms with Gasteiger partial charge in [-0.3, -0.25) is 4.79 Å². The van der Waals surface area contributed by atoms with Gasteiger partial charge in [-0.25, -0.2) is 0 Å². The Balaban J connectivity index is 1.78. The highest BCUT2D eigenvalue weighted by molar-refractivity contribution is 7.80. The molecule has 1 aromatic carbocycles. The number of hydrogen-bond donors (Lipinski definition) is 1. The molecule has 21 heavy (non-hydrogen) atoms. The first-order chi connectivity index (χ1) is 10.1. The Morgan fingerprint density at radius 2 is 1.67 bits per heavy atom. The molecule has 6 nitrogen and oxygen atoms in total. The molecule has 0 aromatic heterocycles. The van der Waals surface area contributed by atoms with E-state index in [1.165, 1.54) is 0 Å². The van der Waals surface area contributed by atoms with Crippen LogP contribution in [0.1, 0.15) is 0 Å². The van der Waals surface area contributed by atoms with Gasteiger partial charge < -0.3 is 25.0 Å². The van der Waals surface area contributed by atoms with Crippen LogP contribution in [0.25, 0.3) is 0 Å². The summed E-state index contributed by atoms with van der Waals surface area (Å²) in [7, 11) is 1.60. The van der Waals surface area contributed by atoms with Crippen LogP contribution in [0.2, 0.25) is 0 Å². The van der Waals surface area contributed by atoms with E-state index in [1.807, 2.05) is 4.90 Å². The molecule has 0 saturated carbocycles. The average molecular weight is 309 g/mol. The SMILES string of the molecule is COc1ccc(OCC(=O)N2CCN(C(N)=S)CC2)cc1. The molecular weight excluding hydrogens is 290 g/mol. The van der Waals surface area contributed by atoms with Gasteiger partial charge in [0.05, 0.1) is 7.11 Å². The van der Waals surface area contributed by atoms with Crippen LogP contribution in [0.4, 0.5) is 0 Å². The highest BCUT2D eigenvalue weighted by Gasteiger charge is 2.21. The molecule has 7 heteroatoms. The van der Waals surface area contributed by atoms with Crippen molar-refractivity contribution in [3.05, 3.63) is 24.3 Å². The lowest BCUT2D eigenvalue weighted by Crippen LogP contribution is -2.52. The summed E-state index contributed by atoms with van der Waals surface area (Å²) in [6.07, 6.45) is 0. The third kappa shape index (κ3) is 4.22. The van der Waals surface area contributed by atoms with Crippen molar-refractivity contribution in [3.63, 3.8) is 0 Å². The fourth-order valence-electron chi connectivity index (χ4n) is 2.08. The van der Waals surface area contributed by atoms with Gasteiger partial charge in [-0.05, 0) is 36.5 Å². The molecule has 0 aliphatic carbocycles. The Hall–Kier alpha value is -2.02. The number of thiocarbonyl (C=S) groups is 1. The van der Waals surface area contributed by atoms with Gasteiger partial charge in [0.15, 0.2) is 11.7 Å². The van der Waals surface area contributed by atoms with Crippen LogP contribution >= 0.6 is 12.2 Å². The van der Waals surface area contributed by atoms with E-state index >= 15 is 0 Å². The molecular formula is C14H19N3O3S. The number of benzene rings is 1. The number of carbonyl (C=O) groups excluding carboxylic acids is 1. The molecule has 0 bridgehead atoms. The number of carbonyl (C=O) groups is 1. The second-order valence-electron chi connectivity index (χ2n) is 4.67. The minimum atomic E-state index is -0.0339. The van der Waals surface area contributed by atoms with E-state index in [0.717, 1.165) is 5.75 Å². The van der Waals surface area contributed by atoms with Crippen molar-refractivity contribution >= 4 is 23.2 Å². The molecule has 1 heterocycles. The van der Waals surface area contributed by atoms with Crippen molar-refractivity contribution in [2.24, 2.45) is 5.73 Å². The van der Waals surface area contributed by atoms with Crippen molar-refractivity contribution in [1.82, 2.24) is 9.80 Å². The van der Waals surface area contributed by atoms with Crippen LogP contribution in [-0.2, 0) is 4.79 Å². The monoisotopic (exact) mass is 309 g/mol. The largest absolute Gasteiger partial charge is 0.497 e. The summed E-state index contributed by atoms with van der Waals surface area (Å²) in [5.74, 6) is 1.36. The molecule has 1 aliphatic rings. The minimum Gasteiger partial charge on any atom is -0.497 e. The second-order valence-corrected chi connectivity index (χ2v) is 5.09. The number of piperazine rings is 1. The van der Waals surface area contributed by atoms with E-state index < -0.39 is 0 Å². The van der Waals surface area contributed by atoms with Gasteiger partial charge in [-0.1, -0.05) is 0 Å². The zero-order valence-electron chi connectivity index (χ0n) is 11.9. The first kappa shape index (κ1) is 15.4. The van der Waals surface area contributed by atoms with E-state index in [2.05, 4.69) is 0 Å².